The van der Waals surface area contributed by atoms with Crippen LogP contribution < -0.4 is 5.32 Å². The van der Waals surface area contributed by atoms with Gasteiger partial charge in [-0.15, -0.1) is 12.4 Å². The number of nitrogens with one attached hydrogen (secondary N) is 1. The topological polar surface area (TPSA) is 50.2 Å². The molecule has 1 N–H and O–H groups in total. The van der Waals surface area contributed by atoms with Crippen LogP contribution in [0, 0.1) is 5.92 Å². The second kappa shape index (κ2) is 9.28. The SMILES string of the molecule is CC(C)N(Cc1ccc(Cl)c(Cl)c1)C(=O)[C@H]1CNC[C@@H]1c1cnn(C)c1.Cl. The Balaban J connectivity index is 0.00000261. The molecule has 0 aliphatic carbocycles. The molecule has 0 bridgehead atoms. The molecule has 8 heteroatoms. The van der Waals surface area contributed by atoms with Crippen LogP contribution in [-0.4, -0.2) is 39.7 Å². The molecule has 2 atom stereocenters. The fourth-order valence-corrected chi connectivity index (χ4v) is 3.80. The molecule has 148 valence electrons. The molecule has 2 heterocycles. The van der Waals surface area contributed by atoms with Gasteiger partial charge in [-0.25, -0.2) is 0 Å². The van der Waals surface area contributed by atoms with Gasteiger partial charge in [-0.2, -0.15) is 5.10 Å². The van der Waals surface area contributed by atoms with Crippen LogP contribution in [0.2, 0.25) is 10.0 Å². The van der Waals surface area contributed by atoms with Crippen molar-refractivity contribution in [3.05, 3.63) is 51.8 Å². The first-order valence-corrected chi connectivity index (χ1v) is 9.56. The van der Waals surface area contributed by atoms with Crippen molar-refractivity contribution >= 4 is 41.5 Å². The number of aryl methyl sites for hydroxylation is 1. The lowest BCUT2D eigenvalue weighted by Gasteiger charge is -2.31. The van der Waals surface area contributed by atoms with E-state index in [2.05, 4.69) is 10.4 Å². The first-order chi connectivity index (χ1) is 12.4. The normalized spacial score (nSPS) is 19.2. The van der Waals surface area contributed by atoms with Gasteiger partial charge in [0.25, 0.3) is 0 Å². The predicted octanol–water partition coefficient (Wildman–Crippen LogP) is 3.89. The average molecular weight is 432 g/mol. The minimum Gasteiger partial charge on any atom is -0.336 e. The van der Waals surface area contributed by atoms with Gasteiger partial charge in [-0.05, 0) is 37.1 Å². The number of carbonyl (C=O) groups is 1. The van der Waals surface area contributed by atoms with E-state index in [9.17, 15) is 4.79 Å². The van der Waals surface area contributed by atoms with E-state index >= 15 is 0 Å². The lowest BCUT2D eigenvalue weighted by atomic mass is 9.89. The number of hydrogen-bond donors (Lipinski definition) is 1. The van der Waals surface area contributed by atoms with E-state index in [1.54, 1.807) is 10.7 Å². The van der Waals surface area contributed by atoms with Crippen molar-refractivity contribution in [2.24, 2.45) is 13.0 Å². The Morgan fingerprint density at radius 2 is 2.07 bits per heavy atom. The van der Waals surface area contributed by atoms with Crippen molar-refractivity contribution < 1.29 is 4.79 Å². The highest BCUT2D eigenvalue weighted by molar-refractivity contribution is 6.42. The summed E-state index contributed by atoms with van der Waals surface area (Å²) < 4.78 is 1.78. The highest BCUT2D eigenvalue weighted by Crippen LogP contribution is 2.31. The molecular weight excluding hydrogens is 407 g/mol. The lowest BCUT2D eigenvalue weighted by molar-refractivity contribution is -0.137. The van der Waals surface area contributed by atoms with Gasteiger partial charge in [0, 0.05) is 44.8 Å². The molecule has 0 unspecified atom stereocenters. The highest BCUT2D eigenvalue weighted by Gasteiger charge is 2.37. The van der Waals surface area contributed by atoms with Crippen LogP contribution >= 0.6 is 35.6 Å². The number of carbonyl (C=O) groups excluding carboxylic acids is 1. The minimum absolute atomic E-state index is 0. The van der Waals surface area contributed by atoms with Crippen molar-refractivity contribution in [3.8, 4) is 0 Å². The average Bonchev–Trinajstić information content (AvgIpc) is 3.23. The molecule has 0 saturated carbocycles. The quantitative estimate of drug-likeness (QED) is 0.781. The van der Waals surface area contributed by atoms with E-state index in [4.69, 9.17) is 23.2 Å². The molecule has 5 nitrogen and oxygen atoms in total. The fourth-order valence-electron chi connectivity index (χ4n) is 3.48. The van der Waals surface area contributed by atoms with Crippen LogP contribution in [0.5, 0.6) is 0 Å². The summed E-state index contributed by atoms with van der Waals surface area (Å²) in [5, 5.41) is 8.65. The summed E-state index contributed by atoms with van der Waals surface area (Å²) in [5.41, 5.74) is 2.08. The summed E-state index contributed by atoms with van der Waals surface area (Å²) in [6, 6.07) is 5.62. The predicted molar refractivity (Wildman–Crippen MR) is 112 cm³/mol. The van der Waals surface area contributed by atoms with Crippen LogP contribution in [0.4, 0.5) is 0 Å². The Labute approximate surface area is 176 Å². The second-order valence-corrected chi connectivity index (χ2v) is 7.94. The highest BCUT2D eigenvalue weighted by atomic mass is 35.5. The Morgan fingerprint density at radius 1 is 1.33 bits per heavy atom. The van der Waals surface area contributed by atoms with E-state index in [-0.39, 0.29) is 36.2 Å². The zero-order valence-corrected chi connectivity index (χ0v) is 18.0. The molecule has 1 amide bonds. The molecule has 2 aromatic rings. The van der Waals surface area contributed by atoms with Crippen molar-refractivity contribution in [1.29, 1.82) is 0 Å². The van der Waals surface area contributed by atoms with Gasteiger partial charge in [0.2, 0.25) is 5.91 Å². The Bertz CT molecular complexity index is 793. The molecule has 1 fully saturated rings. The molecule has 0 spiro atoms. The van der Waals surface area contributed by atoms with Crippen molar-refractivity contribution in [2.45, 2.75) is 32.4 Å². The maximum Gasteiger partial charge on any atom is 0.228 e. The lowest BCUT2D eigenvalue weighted by Crippen LogP contribution is -2.42. The van der Waals surface area contributed by atoms with E-state index in [0.29, 0.717) is 23.1 Å². The monoisotopic (exact) mass is 430 g/mol. The zero-order valence-electron chi connectivity index (χ0n) is 15.7. The van der Waals surface area contributed by atoms with Crippen LogP contribution in [0.15, 0.2) is 30.6 Å². The summed E-state index contributed by atoms with van der Waals surface area (Å²) in [6.07, 6.45) is 3.85. The molecule has 1 aromatic carbocycles. The van der Waals surface area contributed by atoms with E-state index in [1.165, 1.54) is 0 Å². The largest absolute Gasteiger partial charge is 0.336 e. The van der Waals surface area contributed by atoms with Crippen LogP contribution in [0.25, 0.3) is 0 Å². The van der Waals surface area contributed by atoms with Gasteiger partial charge in [0.05, 0.1) is 22.2 Å². The number of rotatable bonds is 5. The molecule has 1 aromatic heterocycles. The van der Waals surface area contributed by atoms with Gasteiger partial charge in [-0.3, -0.25) is 9.48 Å². The fraction of sp³-hybridized carbons (Fsp3) is 0.474. The maximum absolute atomic E-state index is 13.3. The van der Waals surface area contributed by atoms with Crippen LogP contribution in [0.1, 0.15) is 30.9 Å². The third-order valence-electron chi connectivity index (χ3n) is 4.93. The van der Waals surface area contributed by atoms with Gasteiger partial charge >= 0.3 is 0 Å². The smallest absolute Gasteiger partial charge is 0.228 e. The van der Waals surface area contributed by atoms with Gasteiger partial charge in [0.15, 0.2) is 0 Å². The van der Waals surface area contributed by atoms with Gasteiger partial charge < -0.3 is 10.2 Å². The maximum atomic E-state index is 13.3. The van der Waals surface area contributed by atoms with Crippen molar-refractivity contribution in [2.75, 3.05) is 13.1 Å². The number of aromatic nitrogens is 2. The minimum atomic E-state index is -0.0932. The molecular formula is C19H25Cl3N4O. The second-order valence-electron chi connectivity index (χ2n) is 7.13. The first kappa shape index (κ1) is 22.0. The van der Waals surface area contributed by atoms with Crippen molar-refractivity contribution in [1.82, 2.24) is 20.0 Å². The summed E-state index contributed by atoms with van der Waals surface area (Å²) in [5.74, 6) is 0.209. The molecule has 1 aliphatic rings. The Hall–Kier alpha value is -1.27. The molecule has 27 heavy (non-hydrogen) atoms. The summed E-state index contributed by atoms with van der Waals surface area (Å²) in [4.78, 5) is 15.3. The summed E-state index contributed by atoms with van der Waals surface area (Å²) in [7, 11) is 1.90. The number of halogens is 3. The molecule has 3 rings (SSSR count). The molecule has 1 saturated heterocycles. The van der Waals surface area contributed by atoms with Gasteiger partial charge in [-0.1, -0.05) is 29.3 Å². The zero-order chi connectivity index (χ0) is 18.8. The standard InChI is InChI=1S/C19H24Cl2N4O.ClH/c1-12(2)25(10-13-4-5-17(20)18(21)6-13)19(26)16-9-22-8-15(16)14-7-23-24(3)11-14;/h4-7,11-12,15-16,22H,8-10H2,1-3H3;1H/t15-,16+;/m1./s1. The third-order valence-corrected chi connectivity index (χ3v) is 5.67. The Morgan fingerprint density at radius 3 is 2.67 bits per heavy atom. The molecule has 0 radical (unpaired) electrons. The molecule has 1 aliphatic heterocycles. The van der Waals surface area contributed by atoms with E-state index < -0.39 is 0 Å². The van der Waals surface area contributed by atoms with E-state index in [1.807, 2.05) is 50.3 Å². The number of nitrogens with zero attached hydrogens (tertiary/aromatic N) is 3. The van der Waals surface area contributed by atoms with Crippen LogP contribution in [-0.2, 0) is 18.4 Å². The number of hydrogen-bond acceptors (Lipinski definition) is 3. The van der Waals surface area contributed by atoms with Crippen LogP contribution in [0.3, 0.4) is 0 Å². The van der Waals surface area contributed by atoms with Crippen molar-refractivity contribution in [3.63, 3.8) is 0 Å². The first-order valence-electron chi connectivity index (χ1n) is 8.80. The third kappa shape index (κ3) is 4.96. The Kier molecular flexibility index (Phi) is 7.57. The number of amides is 1. The summed E-state index contributed by atoms with van der Waals surface area (Å²) >= 11 is 12.1. The summed E-state index contributed by atoms with van der Waals surface area (Å²) in [6.45, 7) is 6.07. The van der Waals surface area contributed by atoms with E-state index in [0.717, 1.165) is 17.7 Å². The van der Waals surface area contributed by atoms with Gasteiger partial charge in [0.1, 0.15) is 0 Å². The number of benzene rings is 1.